The molecule has 1 atom stereocenters. The van der Waals surface area contributed by atoms with Gasteiger partial charge < -0.3 is 14.7 Å². The fraction of sp³-hybridized carbons (Fsp3) is 0.278. The molecule has 1 unspecified atom stereocenters. The van der Waals surface area contributed by atoms with Crippen molar-refractivity contribution in [3.05, 3.63) is 59.9 Å². The Kier molecular flexibility index (Phi) is 4.57. The second-order valence-electron chi connectivity index (χ2n) is 5.49. The smallest absolute Gasteiger partial charge is 0.227 e. The monoisotopic (exact) mass is 315 g/mol. The Morgan fingerprint density at radius 3 is 2.78 bits per heavy atom. The van der Waals surface area contributed by atoms with Gasteiger partial charge in [0.2, 0.25) is 5.91 Å². The number of nitrogens with zero attached hydrogens (tertiary/aromatic N) is 1. The van der Waals surface area contributed by atoms with Crippen molar-refractivity contribution in [3.63, 3.8) is 0 Å². The van der Waals surface area contributed by atoms with Crippen LogP contribution in [0.4, 0.5) is 10.1 Å². The number of hydrogen-bond donors (Lipinski definition) is 1. The Morgan fingerprint density at radius 2 is 2.04 bits per heavy atom. The number of aliphatic hydroxyl groups is 1. The molecule has 0 saturated carbocycles. The van der Waals surface area contributed by atoms with Crippen molar-refractivity contribution < 1.29 is 19.0 Å². The topological polar surface area (TPSA) is 49.8 Å². The van der Waals surface area contributed by atoms with Crippen molar-refractivity contribution in [2.45, 2.75) is 18.9 Å². The van der Waals surface area contributed by atoms with Crippen LogP contribution in [0.5, 0.6) is 5.75 Å². The third kappa shape index (κ3) is 3.51. The number of halogens is 1. The van der Waals surface area contributed by atoms with Crippen molar-refractivity contribution in [2.24, 2.45) is 0 Å². The minimum absolute atomic E-state index is 0.0572. The highest BCUT2D eigenvalue weighted by atomic mass is 19.1. The Hall–Kier alpha value is -2.40. The molecule has 120 valence electrons. The lowest BCUT2D eigenvalue weighted by Gasteiger charge is -2.18. The van der Waals surface area contributed by atoms with Crippen molar-refractivity contribution in [3.8, 4) is 5.75 Å². The molecule has 2 aromatic carbocycles. The largest absolute Gasteiger partial charge is 0.490 e. The molecule has 1 amide bonds. The van der Waals surface area contributed by atoms with Gasteiger partial charge in [0.1, 0.15) is 24.3 Å². The number of ether oxygens (including phenoxy) is 1. The van der Waals surface area contributed by atoms with Gasteiger partial charge in [-0.3, -0.25) is 4.79 Å². The SMILES string of the molecule is O=C1CCCN1c1cccc(OCC(O)c2ccccc2F)c1. The molecule has 1 saturated heterocycles. The van der Waals surface area contributed by atoms with Gasteiger partial charge in [-0.2, -0.15) is 0 Å². The summed E-state index contributed by atoms with van der Waals surface area (Å²) in [6, 6.07) is 13.2. The summed E-state index contributed by atoms with van der Waals surface area (Å²) in [5, 5.41) is 10.1. The lowest BCUT2D eigenvalue weighted by atomic mass is 10.1. The summed E-state index contributed by atoms with van der Waals surface area (Å²) in [6.07, 6.45) is 0.376. The Morgan fingerprint density at radius 1 is 1.22 bits per heavy atom. The fourth-order valence-electron chi connectivity index (χ4n) is 2.67. The van der Waals surface area contributed by atoms with E-state index in [0.717, 1.165) is 12.1 Å². The molecular weight excluding hydrogens is 297 g/mol. The Balaban J connectivity index is 1.67. The average Bonchev–Trinajstić information content (AvgIpc) is 2.99. The van der Waals surface area contributed by atoms with Crippen LogP contribution in [0.15, 0.2) is 48.5 Å². The quantitative estimate of drug-likeness (QED) is 0.922. The van der Waals surface area contributed by atoms with Crippen molar-refractivity contribution in [1.29, 1.82) is 0 Å². The number of aliphatic hydroxyl groups excluding tert-OH is 1. The van der Waals surface area contributed by atoms with Gasteiger partial charge in [-0.05, 0) is 24.6 Å². The van der Waals surface area contributed by atoms with Crippen LogP contribution in [-0.4, -0.2) is 24.2 Å². The second-order valence-corrected chi connectivity index (χ2v) is 5.49. The number of anilines is 1. The zero-order valence-corrected chi connectivity index (χ0v) is 12.6. The first-order chi connectivity index (χ1) is 11.1. The normalized spacial score (nSPS) is 15.7. The molecule has 2 aromatic rings. The van der Waals surface area contributed by atoms with E-state index in [9.17, 15) is 14.3 Å². The summed E-state index contributed by atoms with van der Waals surface area (Å²) >= 11 is 0. The van der Waals surface area contributed by atoms with Crippen LogP contribution in [0, 0.1) is 5.82 Å². The first-order valence-electron chi connectivity index (χ1n) is 7.61. The van der Waals surface area contributed by atoms with Gasteiger partial charge in [0.15, 0.2) is 0 Å². The van der Waals surface area contributed by atoms with Gasteiger partial charge in [-0.25, -0.2) is 4.39 Å². The molecule has 0 spiro atoms. The van der Waals surface area contributed by atoms with E-state index < -0.39 is 11.9 Å². The van der Waals surface area contributed by atoms with Gasteiger partial charge in [-0.1, -0.05) is 24.3 Å². The summed E-state index contributed by atoms with van der Waals surface area (Å²) in [6.45, 7) is 0.651. The molecule has 1 aliphatic heterocycles. The predicted molar refractivity (Wildman–Crippen MR) is 84.9 cm³/mol. The number of hydrogen-bond acceptors (Lipinski definition) is 3. The number of carbonyl (C=O) groups excluding carboxylic acids is 1. The van der Waals surface area contributed by atoms with E-state index in [-0.39, 0.29) is 18.1 Å². The first kappa shape index (κ1) is 15.5. The molecule has 23 heavy (non-hydrogen) atoms. The van der Waals surface area contributed by atoms with E-state index >= 15 is 0 Å². The van der Waals surface area contributed by atoms with Crippen LogP contribution >= 0.6 is 0 Å². The fourth-order valence-corrected chi connectivity index (χ4v) is 2.67. The Labute approximate surface area is 134 Å². The van der Waals surface area contributed by atoms with E-state index in [0.29, 0.717) is 18.7 Å². The Bertz CT molecular complexity index is 704. The van der Waals surface area contributed by atoms with Gasteiger partial charge >= 0.3 is 0 Å². The molecule has 4 nitrogen and oxygen atoms in total. The van der Waals surface area contributed by atoms with Crippen LogP contribution in [0.3, 0.4) is 0 Å². The molecule has 0 aliphatic carbocycles. The molecule has 0 radical (unpaired) electrons. The number of benzene rings is 2. The van der Waals surface area contributed by atoms with E-state index in [1.54, 1.807) is 35.2 Å². The highest BCUT2D eigenvalue weighted by Crippen LogP contribution is 2.26. The summed E-state index contributed by atoms with van der Waals surface area (Å²) in [7, 11) is 0. The lowest BCUT2D eigenvalue weighted by molar-refractivity contribution is -0.117. The molecule has 1 N–H and O–H groups in total. The van der Waals surface area contributed by atoms with E-state index in [1.807, 2.05) is 6.07 Å². The first-order valence-corrected chi connectivity index (χ1v) is 7.61. The van der Waals surface area contributed by atoms with Crippen LogP contribution in [0.25, 0.3) is 0 Å². The average molecular weight is 315 g/mol. The lowest BCUT2D eigenvalue weighted by Crippen LogP contribution is -2.23. The summed E-state index contributed by atoms with van der Waals surface area (Å²) in [4.78, 5) is 13.5. The van der Waals surface area contributed by atoms with Crippen molar-refractivity contribution in [2.75, 3.05) is 18.1 Å². The standard InChI is InChI=1S/C18H18FNO3/c19-16-8-2-1-7-15(16)17(21)12-23-14-6-3-5-13(11-14)20-10-4-9-18(20)22/h1-3,5-8,11,17,21H,4,9-10,12H2. The van der Waals surface area contributed by atoms with Crippen molar-refractivity contribution >= 4 is 11.6 Å². The van der Waals surface area contributed by atoms with Crippen LogP contribution in [-0.2, 0) is 4.79 Å². The number of rotatable bonds is 5. The summed E-state index contributed by atoms with van der Waals surface area (Å²) in [5.74, 6) is 0.186. The van der Waals surface area contributed by atoms with Gasteiger partial charge in [-0.15, -0.1) is 0 Å². The molecule has 5 heteroatoms. The summed E-state index contributed by atoms with van der Waals surface area (Å²) < 4.78 is 19.2. The zero-order chi connectivity index (χ0) is 16.2. The van der Waals surface area contributed by atoms with Gasteiger partial charge in [0.05, 0.1) is 0 Å². The molecule has 3 rings (SSSR count). The van der Waals surface area contributed by atoms with E-state index in [1.165, 1.54) is 12.1 Å². The zero-order valence-electron chi connectivity index (χ0n) is 12.6. The minimum atomic E-state index is -1.05. The molecule has 1 heterocycles. The maximum atomic E-state index is 13.6. The maximum absolute atomic E-state index is 13.6. The molecule has 0 bridgehead atoms. The minimum Gasteiger partial charge on any atom is -0.490 e. The molecule has 0 aromatic heterocycles. The highest BCUT2D eigenvalue weighted by Gasteiger charge is 2.22. The van der Waals surface area contributed by atoms with E-state index in [4.69, 9.17) is 4.74 Å². The highest BCUT2D eigenvalue weighted by molar-refractivity contribution is 5.95. The predicted octanol–water partition coefficient (Wildman–Crippen LogP) is 3.06. The van der Waals surface area contributed by atoms with Crippen molar-refractivity contribution in [1.82, 2.24) is 0 Å². The molecular formula is C18H18FNO3. The molecule has 1 fully saturated rings. The van der Waals surface area contributed by atoms with E-state index in [2.05, 4.69) is 0 Å². The third-order valence-electron chi connectivity index (χ3n) is 3.87. The molecule has 1 aliphatic rings. The van der Waals surface area contributed by atoms with Crippen LogP contribution < -0.4 is 9.64 Å². The maximum Gasteiger partial charge on any atom is 0.227 e. The second kappa shape index (κ2) is 6.79. The number of amides is 1. The van der Waals surface area contributed by atoms with Gasteiger partial charge in [0, 0.05) is 30.3 Å². The van der Waals surface area contributed by atoms with Gasteiger partial charge in [0.25, 0.3) is 0 Å². The van der Waals surface area contributed by atoms with Crippen LogP contribution in [0.1, 0.15) is 24.5 Å². The third-order valence-corrected chi connectivity index (χ3v) is 3.87. The number of carbonyl (C=O) groups is 1. The summed E-state index contributed by atoms with van der Waals surface area (Å²) in [5.41, 5.74) is 0.990. The van der Waals surface area contributed by atoms with Crippen LogP contribution in [0.2, 0.25) is 0 Å².